The Morgan fingerprint density at radius 2 is 1.70 bits per heavy atom. The number of hydrogen-bond acceptors (Lipinski definition) is 7. The summed E-state index contributed by atoms with van der Waals surface area (Å²) in [6, 6.07) is 11.8. The van der Waals surface area contributed by atoms with Gasteiger partial charge in [-0.1, -0.05) is 36.4 Å². The molecule has 0 radical (unpaired) electrons. The van der Waals surface area contributed by atoms with Gasteiger partial charge in [0.1, 0.15) is 12.1 Å². The van der Waals surface area contributed by atoms with Crippen LogP contribution in [-0.4, -0.2) is 46.5 Å². The quantitative estimate of drug-likeness (QED) is 0.249. The number of carbonyl (C=O) groups is 4. The Kier molecular flexibility index (Phi) is 4.75. The van der Waals surface area contributed by atoms with Crippen LogP contribution in [0.4, 0.5) is 5.69 Å². The molecule has 0 spiro atoms. The predicted molar refractivity (Wildman–Crippen MR) is 90.2 cm³/mol. The molecule has 0 aliphatic carbocycles. The van der Waals surface area contributed by atoms with Gasteiger partial charge in [0.2, 0.25) is 0 Å². The minimum atomic E-state index is -0.976. The average Bonchev–Trinajstić information content (AvgIpc) is 2.91. The summed E-state index contributed by atoms with van der Waals surface area (Å²) >= 11 is 0. The molecule has 2 amide bonds. The van der Waals surface area contributed by atoms with E-state index in [1.165, 1.54) is 12.1 Å². The van der Waals surface area contributed by atoms with Crippen molar-refractivity contribution in [1.82, 2.24) is 4.90 Å². The number of esters is 1. The summed E-state index contributed by atoms with van der Waals surface area (Å²) in [5.41, 5.74) is -0.675. The Hall–Kier alpha value is -3.88. The first-order valence-corrected chi connectivity index (χ1v) is 7.77. The number of nitrogens with zero attached hydrogens (tertiary/aromatic N) is 2. The molecule has 9 heteroatoms. The van der Waals surface area contributed by atoms with E-state index >= 15 is 0 Å². The monoisotopic (exact) mass is 368 g/mol. The Morgan fingerprint density at radius 1 is 1.00 bits per heavy atom. The molecule has 0 atom stereocenters. The number of imide groups is 1. The largest absolute Gasteiger partial charge is 0.456 e. The fourth-order valence-electron chi connectivity index (χ4n) is 2.64. The molecule has 3 rings (SSSR count). The van der Waals surface area contributed by atoms with Crippen LogP contribution in [0, 0.1) is 10.1 Å². The molecule has 2 aromatic rings. The molecule has 0 saturated heterocycles. The molecule has 0 bridgehead atoms. The van der Waals surface area contributed by atoms with Gasteiger partial charge >= 0.3 is 5.97 Å². The number of hydrogen-bond donors (Lipinski definition) is 0. The van der Waals surface area contributed by atoms with Crippen molar-refractivity contribution < 1.29 is 28.8 Å². The summed E-state index contributed by atoms with van der Waals surface area (Å²) in [6.45, 7) is -1.29. The van der Waals surface area contributed by atoms with Crippen molar-refractivity contribution in [2.24, 2.45) is 0 Å². The molecule has 0 N–H and O–H groups in total. The van der Waals surface area contributed by atoms with Crippen LogP contribution in [0.3, 0.4) is 0 Å². The maximum atomic E-state index is 12.4. The van der Waals surface area contributed by atoms with E-state index in [0.717, 1.165) is 6.07 Å². The van der Waals surface area contributed by atoms with Crippen LogP contribution in [0.25, 0.3) is 0 Å². The third kappa shape index (κ3) is 3.43. The van der Waals surface area contributed by atoms with E-state index in [9.17, 15) is 29.3 Å². The van der Waals surface area contributed by atoms with Crippen molar-refractivity contribution in [3.8, 4) is 0 Å². The van der Waals surface area contributed by atoms with Gasteiger partial charge in [-0.25, -0.2) is 0 Å². The normalized spacial score (nSPS) is 12.7. The summed E-state index contributed by atoms with van der Waals surface area (Å²) < 4.78 is 4.82. The molecule has 0 fully saturated rings. The second-order valence-corrected chi connectivity index (χ2v) is 5.60. The average molecular weight is 368 g/mol. The van der Waals surface area contributed by atoms with Crippen molar-refractivity contribution in [3.63, 3.8) is 0 Å². The molecule has 0 saturated carbocycles. The number of nitro benzene ring substituents is 1. The highest BCUT2D eigenvalue weighted by Gasteiger charge is 2.41. The van der Waals surface area contributed by atoms with Crippen LogP contribution in [0.1, 0.15) is 31.1 Å². The molecule has 0 unspecified atom stereocenters. The number of nitro groups is 1. The summed E-state index contributed by atoms with van der Waals surface area (Å²) in [7, 11) is 0. The Balaban J connectivity index is 1.68. The van der Waals surface area contributed by atoms with E-state index < -0.39 is 47.3 Å². The van der Waals surface area contributed by atoms with Crippen LogP contribution in [0.15, 0.2) is 48.5 Å². The lowest BCUT2D eigenvalue weighted by atomic mass is 10.1. The SMILES string of the molecule is O=C(CN1C(=O)c2cccc([N+](=O)[O-])c2C1=O)OCC(=O)c1ccccc1. The second kappa shape index (κ2) is 7.16. The van der Waals surface area contributed by atoms with Gasteiger partial charge in [0, 0.05) is 11.6 Å². The van der Waals surface area contributed by atoms with Crippen LogP contribution < -0.4 is 0 Å². The minimum Gasteiger partial charge on any atom is -0.456 e. The maximum absolute atomic E-state index is 12.4. The molecule has 2 aromatic carbocycles. The molecular weight excluding hydrogens is 356 g/mol. The minimum absolute atomic E-state index is 0.151. The van der Waals surface area contributed by atoms with Crippen molar-refractivity contribution in [1.29, 1.82) is 0 Å². The molecular formula is C18H12N2O7. The highest BCUT2D eigenvalue weighted by molar-refractivity contribution is 6.24. The van der Waals surface area contributed by atoms with E-state index in [1.807, 2.05) is 0 Å². The highest BCUT2D eigenvalue weighted by atomic mass is 16.6. The van der Waals surface area contributed by atoms with Gasteiger partial charge in [0.25, 0.3) is 17.5 Å². The third-order valence-corrected chi connectivity index (χ3v) is 3.92. The van der Waals surface area contributed by atoms with Gasteiger partial charge in [-0.05, 0) is 6.07 Å². The summed E-state index contributed by atoms with van der Waals surface area (Å²) in [4.78, 5) is 59.3. The van der Waals surface area contributed by atoms with Crippen LogP contribution >= 0.6 is 0 Å². The lowest BCUT2D eigenvalue weighted by molar-refractivity contribution is -0.385. The van der Waals surface area contributed by atoms with Gasteiger partial charge in [-0.3, -0.25) is 34.2 Å². The van der Waals surface area contributed by atoms with Gasteiger partial charge in [-0.2, -0.15) is 0 Å². The maximum Gasteiger partial charge on any atom is 0.326 e. The lowest BCUT2D eigenvalue weighted by Gasteiger charge is -2.12. The van der Waals surface area contributed by atoms with Crippen molar-refractivity contribution in [2.75, 3.05) is 13.2 Å². The molecule has 1 heterocycles. The fourth-order valence-corrected chi connectivity index (χ4v) is 2.64. The zero-order valence-electron chi connectivity index (χ0n) is 13.8. The zero-order chi connectivity index (χ0) is 19.6. The van der Waals surface area contributed by atoms with Gasteiger partial charge in [0.05, 0.1) is 10.5 Å². The first-order chi connectivity index (χ1) is 12.9. The van der Waals surface area contributed by atoms with Gasteiger partial charge < -0.3 is 4.74 Å². The van der Waals surface area contributed by atoms with Crippen molar-refractivity contribution >= 4 is 29.3 Å². The lowest BCUT2D eigenvalue weighted by Crippen LogP contribution is -2.36. The first kappa shape index (κ1) is 17.9. The Labute approximate surface area is 152 Å². The number of Topliss-reactive ketones (excluding diaryl/α,β-unsaturated/α-hetero) is 1. The van der Waals surface area contributed by atoms with Crippen molar-refractivity contribution in [2.45, 2.75) is 0 Å². The number of fused-ring (bicyclic) bond motifs is 1. The zero-order valence-corrected chi connectivity index (χ0v) is 13.8. The van der Waals surface area contributed by atoms with Gasteiger partial charge in [0.15, 0.2) is 12.4 Å². The molecule has 0 aromatic heterocycles. The van der Waals surface area contributed by atoms with Crippen LogP contribution in [0.5, 0.6) is 0 Å². The summed E-state index contributed by atoms with van der Waals surface area (Å²) in [6.07, 6.45) is 0. The standard InChI is InChI=1S/C18H12N2O7/c21-14(11-5-2-1-3-6-11)10-27-15(22)9-19-17(23)12-7-4-8-13(20(25)26)16(12)18(19)24/h1-8H,9-10H2. The van der Waals surface area contributed by atoms with Crippen LogP contribution in [-0.2, 0) is 9.53 Å². The molecule has 1 aliphatic heterocycles. The summed E-state index contributed by atoms with van der Waals surface area (Å²) in [5, 5.41) is 11.0. The number of amides is 2. The molecule has 136 valence electrons. The number of rotatable bonds is 6. The molecule has 1 aliphatic rings. The summed E-state index contributed by atoms with van der Waals surface area (Å²) in [5.74, 6) is -3.20. The number of ether oxygens (including phenoxy) is 1. The van der Waals surface area contributed by atoms with Crippen LogP contribution in [0.2, 0.25) is 0 Å². The Bertz CT molecular complexity index is 969. The van der Waals surface area contributed by atoms with Gasteiger partial charge in [-0.15, -0.1) is 0 Å². The smallest absolute Gasteiger partial charge is 0.326 e. The Morgan fingerprint density at radius 3 is 2.37 bits per heavy atom. The van der Waals surface area contributed by atoms with E-state index in [1.54, 1.807) is 30.3 Å². The van der Waals surface area contributed by atoms with E-state index in [0.29, 0.717) is 10.5 Å². The molecule has 9 nitrogen and oxygen atoms in total. The molecule has 27 heavy (non-hydrogen) atoms. The topological polar surface area (TPSA) is 124 Å². The van der Waals surface area contributed by atoms with E-state index in [2.05, 4.69) is 0 Å². The fraction of sp³-hybridized carbons (Fsp3) is 0.111. The number of ketones is 1. The predicted octanol–water partition coefficient (Wildman–Crippen LogP) is 1.62. The third-order valence-electron chi connectivity index (χ3n) is 3.92. The second-order valence-electron chi connectivity index (χ2n) is 5.60. The van der Waals surface area contributed by atoms with E-state index in [4.69, 9.17) is 4.74 Å². The first-order valence-electron chi connectivity index (χ1n) is 7.77. The number of benzene rings is 2. The number of carbonyl (C=O) groups excluding carboxylic acids is 4. The van der Waals surface area contributed by atoms with Crippen molar-refractivity contribution in [3.05, 3.63) is 75.3 Å². The highest BCUT2D eigenvalue weighted by Crippen LogP contribution is 2.30. The van der Waals surface area contributed by atoms with E-state index in [-0.39, 0.29) is 11.1 Å².